The molecular formula is C14H19NO2S. The van der Waals surface area contributed by atoms with Crippen molar-refractivity contribution in [1.29, 1.82) is 0 Å². The van der Waals surface area contributed by atoms with Crippen molar-refractivity contribution >= 4 is 17.3 Å². The molecule has 4 heteroatoms. The first-order chi connectivity index (χ1) is 8.75. The lowest BCUT2D eigenvalue weighted by atomic mass is 9.84. The van der Waals surface area contributed by atoms with Crippen LogP contribution in [0.2, 0.25) is 0 Å². The van der Waals surface area contributed by atoms with Crippen LogP contribution in [-0.2, 0) is 11.2 Å². The molecule has 2 aliphatic carbocycles. The Balaban J connectivity index is 1.56. The van der Waals surface area contributed by atoms with Crippen LogP contribution in [-0.4, -0.2) is 23.7 Å². The Morgan fingerprint density at radius 3 is 3.00 bits per heavy atom. The number of thiophene rings is 1. The Morgan fingerprint density at radius 1 is 1.44 bits per heavy atom. The van der Waals surface area contributed by atoms with Gasteiger partial charge in [0.05, 0.1) is 5.92 Å². The van der Waals surface area contributed by atoms with Crippen molar-refractivity contribution < 1.29 is 9.90 Å². The van der Waals surface area contributed by atoms with Gasteiger partial charge in [0.15, 0.2) is 0 Å². The fraction of sp³-hybridized carbons (Fsp3) is 0.643. The van der Waals surface area contributed by atoms with E-state index in [4.69, 9.17) is 0 Å². The third kappa shape index (κ3) is 2.19. The number of carbonyl (C=O) groups is 1. The average molecular weight is 265 g/mol. The lowest BCUT2D eigenvalue weighted by Crippen LogP contribution is -2.44. The minimum absolute atomic E-state index is 0.147. The van der Waals surface area contributed by atoms with Crippen molar-refractivity contribution in [3.05, 3.63) is 22.4 Å². The fourth-order valence-corrected chi connectivity index (χ4v) is 4.46. The molecule has 0 spiro atoms. The second-order valence-corrected chi connectivity index (χ2v) is 6.34. The highest BCUT2D eigenvalue weighted by atomic mass is 32.1. The summed E-state index contributed by atoms with van der Waals surface area (Å²) in [5.74, 6) is 0.270. The van der Waals surface area contributed by atoms with E-state index >= 15 is 0 Å². The van der Waals surface area contributed by atoms with Crippen molar-refractivity contribution in [3.63, 3.8) is 0 Å². The van der Waals surface area contributed by atoms with E-state index in [1.54, 1.807) is 11.3 Å². The summed E-state index contributed by atoms with van der Waals surface area (Å²) in [6, 6.07) is 2.35. The van der Waals surface area contributed by atoms with Gasteiger partial charge >= 0.3 is 5.97 Å². The predicted octanol–water partition coefficient (Wildman–Crippen LogP) is 2.38. The van der Waals surface area contributed by atoms with Gasteiger partial charge in [0.1, 0.15) is 0 Å². The Bertz CT molecular complexity index is 417. The van der Waals surface area contributed by atoms with Crippen LogP contribution in [0.3, 0.4) is 0 Å². The molecule has 98 valence electrons. The zero-order valence-corrected chi connectivity index (χ0v) is 11.2. The summed E-state index contributed by atoms with van der Waals surface area (Å²) in [6.07, 6.45) is 4.45. The van der Waals surface area contributed by atoms with Crippen LogP contribution in [0.15, 0.2) is 16.8 Å². The number of hydrogen-bond acceptors (Lipinski definition) is 3. The minimum Gasteiger partial charge on any atom is -0.481 e. The van der Waals surface area contributed by atoms with E-state index in [-0.39, 0.29) is 12.0 Å². The molecular weight excluding hydrogens is 246 g/mol. The minimum atomic E-state index is -0.602. The van der Waals surface area contributed by atoms with Gasteiger partial charge in [-0.1, -0.05) is 0 Å². The zero-order chi connectivity index (χ0) is 12.5. The van der Waals surface area contributed by atoms with Gasteiger partial charge in [-0.05, 0) is 66.5 Å². The Hall–Kier alpha value is -0.870. The highest BCUT2D eigenvalue weighted by molar-refractivity contribution is 7.07. The molecule has 2 fully saturated rings. The van der Waals surface area contributed by atoms with E-state index in [9.17, 15) is 9.90 Å². The van der Waals surface area contributed by atoms with Crippen LogP contribution in [0.1, 0.15) is 24.8 Å². The molecule has 2 N–H and O–H groups in total. The van der Waals surface area contributed by atoms with Crippen molar-refractivity contribution in [2.75, 3.05) is 6.54 Å². The first-order valence-electron chi connectivity index (χ1n) is 6.73. The number of aliphatic carboxylic acids is 1. The maximum absolute atomic E-state index is 11.4. The first kappa shape index (κ1) is 12.2. The summed E-state index contributed by atoms with van der Waals surface area (Å²) in [7, 11) is 0. The Morgan fingerprint density at radius 2 is 2.28 bits per heavy atom. The molecule has 1 aromatic rings. The van der Waals surface area contributed by atoms with E-state index in [0.717, 1.165) is 25.8 Å². The number of carboxylic acids is 1. The van der Waals surface area contributed by atoms with Gasteiger partial charge in [-0.3, -0.25) is 4.79 Å². The molecule has 3 rings (SSSR count). The van der Waals surface area contributed by atoms with Gasteiger partial charge in [-0.15, -0.1) is 0 Å². The largest absolute Gasteiger partial charge is 0.481 e. The zero-order valence-electron chi connectivity index (χ0n) is 10.3. The van der Waals surface area contributed by atoms with Crippen molar-refractivity contribution in [2.45, 2.75) is 31.7 Å². The second kappa shape index (κ2) is 5.02. The Labute approximate surface area is 111 Å². The summed E-state index contributed by atoms with van der Waals surface area (Å²) in [5, 5.41) is 17.1. The van der Waals surface area contributed by atoms with Crippen molar-refractivity contribution in [2.24, 2.45) is 17.8 Å². The van der Waals surface area contributed by atoms with Crippen LogP contribution in [0, 0.1) is 17.8 Å². The van der Waals surface area contributed by atoms with Gasteiger partial charge in [0.2, 0.25) is 0 Å². The third-order valence-electron chi connectivity index (χ3n) is 4.58. The smallest absolute Gasteiger partial charge is 0.308 e. The van der Waals surface area contributed by atoms with Gasteiger partial charge in [0.25, 0.3) is 0 Å². The van der Waals surface area contributed by atoms with E-state index in [2.05, 4.69) is 22.1 Å². The molecule has 2 aliphatic rings. The SMILES string of the molecule is O=C(O)C1C2CCC(C2)C1NCCc1ccsc1. The summed E-state index contributed by atoms with van der Waals surface area (Å²) < 4.78 is 0. The summed E-state index contributed by atoms with van der Waals surface area (Å²) in [6.45, 7) is 0.897. The molecule has 2 saturated carbocycles. The second-order valence-electron chi connectivity index (χ2n) is 5.56. The molecule has 4 atom stereocenters. The van der Waals surface area contributed by atoms with Crippen LogP contribution in [0.4, 0.5) is 0 Å². The predicted molar refractivity (Wildman–Crippen MR) is 71.8 cm³/mol. The van der Waals surface area contributed by atoms with Crippen LogP contribution in [0.5, 0.6) is 0 Å². The molecule has 1 heterocycles. The van der Waals surface area contributed by atoms with Gasteiger partial charge in [0, 0.05) is 6.04 Å². The monoisotopic (exact) mass is 265 g/mol. The molecule has 0 aromatic carbocycles. The molecule has 0 saturated heterocycles. The first-order valence-corrected chi connectivity index (χ1v) is 7.67. The molecule has 2 bridgehead atoms. The summed E-state index contributed by atoms with van der Waals surface area (Å²) >= 11 is 1.72. The third-order valence-corrected chi connectivity index (χ3v) is 5.31. The van der Waals surface area contributed by atoms with Crippen molar-refractivity contribution in [3.8, 4) is 0 Å². The maximum Gasteiger partial charge on any atom is 0.308 e. The average Bonchev–Trinajstić information content (AvgIpc) is 3.04. The standard InChI is InChI=1S/C14H19NO2S/c16-14(17)12-10-1-2-11(7-10)13(12)15-5-3-9-4-6-18-8-9/h4,6,8,10-13,15H,1-3,5,7H2,(H,16,17). The topological polar surface area (TPSA) is 49.3 Å². The highest BCUT2D eigenvalue weighted by Crippen LogP contribution is 2.48. The van der Waals surface area contributed by atoms with Crippen LogP contribution >= 0.6 is 11.3 Å². The Kier molecular flexibility index (Phi) is 3.39. The number of fused-ring (bicyclic) bond motifs is 2. The summed E-state index contributed by atoms with van der Waals surface area (Å²) in [4.78, 5) is 11.4. The number of nitrogens with one attached hydrogen (secondary N) is 1. The number of hydrogen-bond donors (Lipinski definition) is 2. The van der Waals surface area contributed by atoms with E-state index in [1.165, 1.54) is 12.0 Å². The molecule has 18 heavy (non-hydrogen) atoms. The van der Waals surface area contributed by atoms with Gasteiger partial charge in [-0.2, -0.15) is 11.3 Å². The summed E-state index contributed by atoms with van der Waals surface area (Å²) in [5.41, 5.74) is 1.35. The van der Waals surface area contributed by atoms with E-state index in [1.807, 2.05) is 0 Å². The van der Waals surface area contributed by atoms with Gasteiger partial charge < -0.3 is 10.4 Å². The molecule has 0 aliphatic heterocycles. The quantitative estimate of drug-likeness (QED) is 0.859. The normalized spacial score (nSPS) is 34.0. The van der Waals surface area contributed by atoms with Crippen molar-refractivity contribution in [1.82, 2.24) is 5.32 Å². The fourth-order valence-electron chi connectivity index (χ4n) is 3.76. The lowest BCUT2D eigenvalue weighted by Gasteiger charge is -2.29. The number of carboxylic acid groups (broad SMARTS) is 1. The van der Waals surface area contributed by atoms with E-state index < -0.39 is 5.97 Å². The van der Waals surface area contributed by atoms with Gasteiger partial charge in [-0.25, -0.2) is 0 Å². The molecule has 0 amide bonds. The maximum atomic E-state index is 11.4. The molecule has 3 nitrogen and oxygen atoms in total. The number of rotatable bonds is 5. The van der Waals surface area contributed by atoms with Crippen LogP contribution < -0.4 is 5.32 Å². The molecule has 0 radical (unpaired) electrons. The highest BCUT2D eigenvalue weighted by Gasteiger charge is 2.50. The van der Waals surface area contributed by atoms with Crippen LogP contribution in [0.25, 0.3) is 0 Å². The molecule has 4 unspecified atom stereocenters. The molecule has 1 aromatic heterocycles. The van der Waals surface area contributed by atoms with E-state index in [0.29, 0.717) is 11.8 Å². The lowest BCUT2D eigenvalue weighted by molar-refractivity contribution is -0.144.